The zero-order chi connectivity index (χ0) is 31.9. The van der Waals surface area contributed by atoms with Crippen LogP contribution in [-0.4, -0.2) is 104 Å². The molecule has 0 unspecified atom stereocenters. The van der Waals surface area contributed by atoms with Crippen molar-refractivity contribution in [1.82, 2.24) is 9.80 Å². The van der Waals surface area contributed by atoms with Crippen LogP contribution in [0.5, 0.6) is 11.5 Å². The quantitative estimate of drug-likeness (QED) is 0.131. The molecule has 2 heterocycles. The maximum Gasteiger partial charge on any atom is 1.00 e. The van der Waals surface area contributed by atoms with Crippen molar-refractivity contribution in [2.24, 2.45) is 0 Å². The number of hydrogen-bond donors (Lipinski definition) is 6. The van der Waals surface area contributed by atoms with Crippen molar-refractivity contribution >= 4 is 21.5 Å². The molecule has 0 amide bonds. The molecule has 6 N–H and O–H groups in total. The van der Waals surface area contributed by atoms with Crippen molar-refractivity contribution in [1.29, 1.82) is 0 Å². The Labute approximate surface area is 286 Å². The summed E-state index contributed by atoms with van der Waals surface area (Å²) in [7, 11) is 0. The number of phenols is 2. The summed E-state index contributed by atoms with van der Waals surface area (Å²) in [4.78, 5) is 21.6. The van der Waals surface area contributed by atoms with E-state index >= 15 is 0 Å². The fourth-order valence-corrected chi connectivity index (χ4v) is 4.95. The molecule has 256 valence electrons. The van der Waals surface area contributed by atoms with E-state index in [2.05, 4.69) is 34.1 Å². The van der Waals surface area contributed by atoms with E-state index in [9.17, 15) is 10.2 Å². The summed E-state index contributed by atoms with van der Waals surface area (Å²) >= 11 is 0. The molecule has 4 aromatic carbocycles. The number of ether oxygens (including phenoxy) is 2. The molecule has 0 saturated carbocycles. The Balaban J connectivity index is 0.000000361. The van der Waals surface area contributed by atoms with Gasteiger partial charge in [-0.05, 0) is 33.7 Å². The molecule has 14 nitrogen and oxygen atoms in total. The van der Waals surface area contributed by atoms with Crippen LogP contribution in [0, 0.1) is 9.81 Å². The van der Waals surface area contributed by atoms with Gasteiger partial charge in [0.05, 0.1) is 26.4 Å². The maximum absolute atomic E-state index is 10.1. The van der Waals surface area contributed by atoms with Crippen molar-refractivity contribution < 1.29 is 84.8 Å². The van der Waals surface area contributed by atoms with Crippen LogP contribution in [-0.2, 0) is 56.7 Å². The van der Waals surface area contributed by atoms with Crippen LogP contribution in [0.1, 0.15) is 11.1 Å². The van der Waals surface area contributed by atoms with E-state index in [1.54, 1.807) is 12.1 Å². The Bertz CT molecular complexity index is 1400. The van der Waals surface area contributed by atoms with E-state index in [1.165, 1.54) is 10.8 Å². The number of benzene rings is 4. The average molecular weight is 742 g/mol. The summed E-state index contributed by atoms with van der Waals surface area (Å²) in [5.41, 5.74) is 2.05. The molecule has 2 fully saturated rings. The van der Waals surface area contributed by atoms with Gasteiger partial charge in [-0.2, -0.15) is 0 Å². The van der Waals surface area contributed by atoms with Gasteiger partial charge in [-0.25, -0.2) is 20.8 Å². The second kappa shape index (κ2) is 21.1. The molecule has 0 bridgehead atoms. The van der Waals surface area contributed by atoms with E-state index in [0.717, 1.165) is 87.6 Å². The predicted molar refractivity (Wildman–Crippen MR) is 158 cm³/mol. The fraction of sp³-hybridized carbons (Fsp3) is 0.333. The first-order chi connectivity index (χ1) is 21.2. The average Bonchev–Trinajstić information content (AvgIpc) is 3.01. The number of phenolic OH excluding ortho intramolecular Hbond substituents is 2. The van der Waals surface area contributed by atoms with E-state index in [1.807, 2.05) is 36.4 Å². The second-order valence-corrected chi connectivity index (χ2v) is 9.85. The number of rotatable bonds is 4. The first-order valence-electron chi connectivity index (χ1n) is 13.8. The summed E-state index contributed by atoms with van der Waals surface area (Å²) in [6, 6.07) is 23.9. The minimum absolute atomic E-state index is 0. The summed E-state index contributed by atoms with van der Waals surface area (Å²) in [5.74, 6) is 0.778. The number of aromatic hydroxyl groups is 2. The molecule has 0 spiro atoms. The van der Waals surface area contributed by atoms with E-state index in [-0.39, 0.29) is 34.1 Å². The van der Waals surface area contributed by atoms with Gasteiger partial charge in [-0.3, -0.25) is 9.80 Å². The van der Waals surface area contributed by atoms with Crippen LogP contribution in [0.3, 0.4) is 0 Å². The zero-order valence-electron chi connectivity index (χ0n) is 24.7. The van der Waals surface area contributed by atoms with E-state index in [4.69, 9.17) is 40.1 Å². The normalized spacial score (nSPS) is 14.4. The number of nitrogens with zero attached hydrogens (tertiary/aromatic N) is 4. The smallest absolute Gasteiger partial charge is 0.508 e. The third-order valence-corrected chi connectivity index (χ3v) is 7.00. The molecule has 0 aliphatic carbocycles. The molecular weight excluding hydrogens is 703 g/mol. The molecule has 0 aromatic heterocycles. The molecule has 4 aromatic rings. The molecule has 2 aliphatic heterocycles. The SMILES string of the molecule is O=[N+](O)O.O=[N+](O)O.Oc1ccc2ccccc2c1CN1CCOCC1.Oc1ccc2ccccc2c1CN1CCOCC1.[Cu+].[Cu+]. The Kier molecular flexibility index (Phi) is 18.5. The van der Waals surface area contributed by atoms with Crippen LogP contribution in [0.15, 0.2) is 72.8 Å². The number of morpholine rings is 2. The minimum Gasteiger partial charge on any atom is -0.508 e. The topological polar surface area (TPSA) is 186 Å². The van der Waals surface area contributed by atoms with Crippen molar-refractivity contribution in [3.05, 3.63) is 93.7 Å². The van der Waals surface area contributed by atoms with Gasteiger partial charge in [0.15, 0.2) is 0 Å². The molecule has 46 heavy (non-hydrogen) atoms. The van der Waals surface area contributed by atoms with Gasteiger partial charge in [-0.1, -0.05) is 60.7 Å². The largest absolute Gasteiger partial charge is 1.00 e. The fourth-order valence-electron chi connectivity index (χ4n) is 4.95. The Hall–Kier alpha value is -3.72. The van der Waals surface area contributed by atoms with E-state index < -0.39 is 10.2 Å². The number of hydrogen-bond acceptors (Lipinski definition) is 8. The van der Waals surface area contributed by atoms with Gasteiger partial charge < -0.3 is 19.7 Å². The summed E-state index contributed by atoms with van der Waals surface area (Å²) < 4.78 is 10.7. The van der Waals surface area contributed by atoms with Crippen LogP contribution in [0.4, 0.5) is 0 Å². The molecule has 0 radical (unpaired) electrons. The molecule has 2 saturated heterocycles. The molecule has 0 atom stereocenters. The van der Waals surface area contributed by atoms with Crippen LogP contribution >= 0.6 is 0 Å². The minimum atomic E-state index is -1.25. The van der Waals surface area contributed by atoms with Crippen molar-refractivity contribution in [2.75, 3.05) is 52.6 Å². The van der Waals surface area contributed by atoms with Gasteiger partial charge in [-0.15, -0.1) is 0 Å². The third-order valence-electron chi connectivity index (χ3n) is 7.00. The van der Waals surface area contributed by atoms with Crippen molar-refractivity contribution in [2.45, 2.75) is 13.1 Å². The molecule has 2 aliphatic rings. The van der Waals surface area contributed by atoms with Gasteiger partial charge in [0.1, 0.15) is 21.3 Å². The number of fused-ring (bicyclic) bond motifs is 2. The monoisotopic (exact) mass is 740 g/mol. The first-order valence-corrected chi connectivity index (χ1v) is 13.8. The second-order valence-electron chi connectivity index (χ2n) is 9.85. The first kappa shape index (κ1) is 40.3. The van der Waals surface area contributed by atoms with Crippen molar-refractivity contribution in [3.63, 3.8) is 0 Å². The van der Waals surface area contributed by atoms with Gasteiger partial charge in [0.2, 0.25) is 0 Å². The van der Waals surface area contributed by atoms with Gasteiger partial charge in [0, 0.05) is 50.4 Å². The Morgan fingerprint density at radius 1 is 0.543 bits per heavy atom. The Morgan fingerprint density at radius 3 is 1.17 bits per heavy atom. The summed E-state index contributed by atoms with van der Waals surface area (Å²) in [6.45, 7) is 8.44. The van der Waals surface area contributed by atoms with Crippen molar-refractivity contribution in [3.8, 4) is 11.5 Å². The zero-order valence-corrected chi connectivity index (χ0v) is 26.6. The molecular formula is C30H38Cu2N4O10+4. The molecule has 16 heteroatoms. The van der Waals surface area contributed by atoms with Gasteiger partial charge in [0.25, 0.3) is 0 Å². The Morgan fingerprint density at radius 2 is 0.848 bits per heavy atom. The third kappa shape index (κ3) is 13.3. The standard InChI is InChI=1S/2C15H17NO2.2Cu.2H2NO3/c2*17-15-6-5-12-3-1-2-4-13(12)14(15)11-16-7-9-18-10-8-16;;;2*2-1(3)4/h2*1-6,17H,7-11H2;;;2*(H2,2,3,4)/q;;4*+1. The van der Waals surface area contributed by atoms with E-state index in [0.29, 0.717) is 11.5 Å². The maximum atomic E-state index is 10.1. The van der Waals surface area contributed by atoms with Crippen LogP contribution in [0.2, 0.25) is 0 Å². The van der Waals surface area contributed by atoms with Gasteiger partial charge >= 0.3 is 44.3 Å². The summed E-state index contributed by atoms with van der Waals surface area (Å²) in [6.07, 6.45) is 0. The van der Waals surface area contributed by atoms with Crippen LogP contribution < -0.4 is 0 Å². The predicted octanol–water partition coefficient (Wildman–Crippen LogP) is 3.84. The van der Waals surface area contributed by atoms with Crippen LogP contribution in [0.25, 0.3) is 21.5 Å². The summed E-state index contributed by atoms with van der Waals surface area (Å²) in [5, 5.41) is 49.9. The molecule has 6 rings (SSSR count).